The third-order valence-electron chi connectivity index (χ3n) is 2.84. The zero-order chi connectivity index (χ0) is 13.8. The molecule has 0 spiro atoms. The first-order valence-corrected chi connectivity index (χ1v) is 6.92. The van der Waals surface area contributed by atoms with Crippen molar-refractivity contribution in [3.05, 3.63) is 52.3 Å². The summed E-state index contributed by atoms with van der Waals surface area (Å²) in [5.74, 6) is 1.80. The number of aliphatic hydroxyl groups excluding tert-OH is 1. The average Bonchev–Trinajstić information content (AvgIpc) is 2.41. The highest BCUT2D eigenvalue weighted by molar-refractivity contribution is 9.10. The lowest BCUT2D eigenvalue weighted by molar-refractivity contribution is 0.276. The zero-order valence-electron chi connectivity index (χ0n) is 10.9. The summed E-state index contributed by atoms with van der Waals surface area (Å²) in [4.78, 5) is 3.98. The van der Waals surface area contributed by atoms with E-state index in [1.165, 1.54) is 0 Å². The monoisotopic (exact) mass is 321 g/mol. The molecule has 0 atom stereocenters. The van der Waals surface area contributed by atoms with Crippen molar-refractivity contribution in [2.75, 3.05) is 0 Å². The van der Waals surface area contributed by atoms with Gasteiger partial charge in [0.15, 0.2) is 0 Å². The standard InChI is InChI=1S/C15H16BrNO2/c1-10(2)13-7-12(16)3-4-15(13)19-14-5-6-17-8-11(14)9-18/h3-8,10,18H,9H2,1-2H3. The number of nitrogens with zero attached hydrogens (tertiary/aromatic N) is 1. The van der Waals surface area contributed by atoms with E-state index < -0.39 is 0 Å². The Balaban J connectivity index is 2.38. The predicted octanol–water partition coefficient (Wildman–Crippen LogP) is 4.25. The molecule has 0 radical (unpaired) electrons. The van der Waals surface area contributed by atoms with Crippen molar-refractivity contribution in [2.45, 2.75) is 26.4 Å². The van der Waals surface area contributed by atoms with Crippen LogP contribution in [-0.2, 0) is 6.61 Å². The fraction of sp³-hybridized carbons (Fsp3) is 0.267. The molecule has 2 rings (SSSR count). The van der Waals surface area contributed by atoms with Crippen LogP contribution in [0.25, 0.3) is 0 Å². The van der Waals surface area contributed by atoms with Crippen molar-refractivity contribution in [3.63, 3.8) is 0 Å². The number of hydrogen-bond donors (Lipinski definition) is 1. The van der Waals surface area contributed by atoms with E-state index in [2.05, 4.69) is 40.8 Å². The number of benzene rings is 1. The number of ether oxygens (including phenoxy) is 1. The molecule has 0 bridgehead atoms. The number of aromatic nitrogens is 1. The largest absolute Gasteiger partial charge is 0.457 e. The molecule has 1 heterocycles. The summed E-state index contributed by atoms with van der Waals surface area (Å²) in [6, 6.07) is 7.69. The minimum absolute atomic E-state index is 0.0866. The summed E-state index contributed by atoms with van der Waals surface area (Å²) in [6.45, 7) is 4.15. The Morgan fingerprint density at radius 3 is 2.74 bits per heavy atom. The summed E-state index contributed by atoms with van der Waals surface area (Å²) >= 11 is 3.47. The Morgan fingerprint density at radius 2 is 2.05 bits per heavy atom. The second kappa shape index (κ2) is 6.17. The van der Waals surface area contributed by atoms with Gasteiger partial charge in [0.05, 0.1) is 6.61 Å². The van der Waals surface area contributed by atoms with Gasteiger partial charge in [-0.15, -0.1) is 0 Å². The third-order valence-corrected chi connectivity index (χ3v) is 3.34. The molecule has 1 aromatic carbocycles. The molecule has 0 amide bonds. The first-order valence-electron chi connectivity index (χ1n) is 6.13. The van der Waals surface area contributed by atoms with E-state index in [1.54, 1.807) is 18.5 Å². The maximum Gasteiger partial charge on any atom is 0.136 e. The fourth-order valence-corrected chi connectivity index (χ4v) is 2.19. The van der Waals surface area contributed by atoms with Crippen LogP contribution >= 0.6 is 15.9 Å². The van der Waals surface area contributed by atoms with Crippen LogP contribution in [0.15, 0.2) is 41.1 Å². The molecule has 0 aliphatic rings. The van der Waals surface area contributed by atoms with Gasteiger partial charge in [-0.3, -0.25) is 4.98 Å². The Hall–Kier alpha value is -1.39. The van der Waals surface area contributed by atoms with Crippen molar-refractivity contribution in [3.8, 4) is 11.5 Å². The average molecular weight is 322 g/mol. The van der Waals surface area contributed by atoms with Crippen molar-refractivity contribution in [1.29, 1.82) is 0 Å². The summed E-state index contributed by atoms with van der Waals surface area (Å²) in [5, 5.41) is 9.29. The molecule has 0 saturated heterocycles. The van der Waals surface area contributed by atoms with E-state index in [1.807, 2.05) is 12.1 Å². The zero-order valence-corrected chi connectivity index (χ0v) is 12.5. The van der Waals surface area contributed by atoms with Crippen LogP contribution in [0, 0.1) is 0 Å². The number of aliphatic hydroxyl groups is 1. The molecule has 2 aromatic rings. The SMILES string of the molecule is CC(C)c1cc(Br)ccc1Oc1ccncc1CO. The number of pyridine rings is 1. The molecule has 0 aliphatic carbocycles. The van der Waals surface area contributed by atoms with Crippen LogP contribution in [0.5, 0.6) is 11.5 Å². The van der Waals surface area contributed by atoms with E-state index in [0.717, 1.165) is 15.8 Å². The first kappa shape index (κ1) is 14.0. The van der Waals surface area contributed by atoms with Gasteiger partial charge in [-0.05, 0) is 35.7 Å². The second-order valence-corrected chi connectivity index (χ2v) is 5.50. The van der Waals surface area contributed by atoms with Gasteiger partial charge in [0.1, 0.15) is 11.5 Å². The van der Waals surface area contributed by atoms with Crippen molar-refractivity contribution in [1.82, 2.24) is 4.98 Å². The van der Waals surface area contributed by atoms with Crippen molar-refractivity contribution < 1.29 is 9.84 Å². The molecular weight excluding hydrogens is 306 g/mol. The van der Waals surface area contributed by atoms with Crippen molar-refractivity contribution >= 4 is 15.9 Å². The normalized spacial score (nSPS) is 10.8. The lowest BCUT2D eigenvalue weighted by atomic mass is 10.0. The molecular formula is C15H16BrNO2. The van der Waals surface area contributed by atoms with Gasteiger partial charge in [-0.25, -0.2) is 0 Å². The highest BCUT2D eigenvalue weighted by Crippen LogP contribution is 2.33. The molecule has 0 fully saturated rings. The molecule has 100 valence electrons. The molecule has 3 nitrogen and oxygen atoms in total. The fourth-order valence-electron chi connectivity index (χ4n) is 1.81. The maximum atomic E-state index is 9.29. The van der Waals surface area contributed by atoms with E-state index >= 15 is 0 Å². The minimum Gasteiger partial charge on any atom is -0.457 e. The van der Waals surface area contributed by atoms with Crippen LogP contribution in [0.3, 0.4) is 0 Å². The van der Waals surface area contributed by atoms with Crippen LogP contribution in [0.2, 0.25) is 0 Å². The highest BCUT2D eigenvalue weighted by atomic mass is 79.9. The highest BCUT2D eigenvalue weighted by Gasteiger charge is 2.11. The third kappa shape index (κ3) is 3.33. The van der Waals surface area contributed by atoms with Crippen LogP contribution in [0.4, 0.5) is 0 Å². The van der Waals surface area contributed by atoms with Gasteiger partial charge in [-0.2, -0.15) is 0 Å². The predicted molar refractivity (Wildman–Crippen MR) is 78.5 cm³/mol. The summed E-state index contributed by atoms with van der Waals surface area (Å²) < 4.78 is 6.96. The van der Waals surface area contributed by atoms with Crippen LogP contribution in [0.1, 0.15) is 30.9 Å². The Kier molecular flexibility index (Phi) is 4.56. The van der Waals surface area contributed by atoms with E-state index in [9.17, 15) is 5.11 Å². The molecule has 19 heavy (non-hydrogen) atoms. The van der Waals surface area contributed by atoms with Gasteiger partial charge < -0.3 is 9.84 Å². The molecule has 0 unspecified atom stereocenters. The Labute approximate surface area is 121 Å². The topological polar surface area (TPSA) is 42.4 Å². The van der Waals surface area contributed by atoms with E-state index in [-0.39, 0.29) is 6.61 Å². The molecule has 1 N–H and O–H groups in total. The molecule has 0 saturated carbocycles. The molecule has 0 aliphatic heterocycles. The molecule has 1 aromatic heterocycles. The summed E-state index contributed by atoms with van der Waals surface area (Å²) in [6.07, 6.45) is 3.27. The lowest BCUT2D eigenvalue weighted by Crippen LogP contribution is -1.97. The summed E-state index contributed by atoms with van der Waals surface area (Å²) in [7, 11) is 0. The Bertz CT molecular complexity index is 570. The Morgan fingerprint density at radius 1 is 1.26 bits per heavy atom. The van der Waals surface area contributed by atoms with E-state index in [4.69, 9.17) is 4.74 Å². The van der Waals surface area contributed by atoms with E-state index in [0.29, 0.717) is 17.2 Å². The quantitative estimate of drug-likeness (QED) is 0.915. The summed E-state index contributed by atoms with van der Waals surface area (Å²) in [5.41, 5.74) is 1.80. The van der Waals surface area contributed by atoms with Gasteiger partial charge in [0.25, 0.3) is 0 Å². The second-order valence-electron chi connectivity index (χ2n) is 4.58. The first-order chi connectivity index (χ1) is 9.11. The lowest BCUT2D eigenvalue weighted by Gasteiger charge is -2.15. The minimum atomic E-state index is -0.0866. The van der Waals surface area contributed by atoms with Crippen LogP contribution < -0.4 is 4.74 Å². The maximum absolute atomic E-state index is 9.29. The molecule has 4 heteroatoms. The number of rotatable bonds is 4. The van der Waals surface area contributed by atoms with Gasteiger partial charge in [-0.1, -0.05) is 29.8 Å². The number of hydrogen-bond acceptors (Lipinski definition) is 3. The smallest absolute Gasteiger partial charge is 0.136 e. The van der Waals surface area contributed by atoms with Gasteiger partial charge >= 0.3 is 0 Å². The van der Waals surface area contributed by atoms with Gasteiger partial charge in [0, 0.05) is 22.4 Å². The van der Waals surface area contributed by atoms with Gasteiger partial charge in [0.2, 0.25) is 0 Å². The number of halogens is 1. The van der Waals surface area contributed by atoms with Crippen LogP contribution in [-0.4, -0.2) is 10.1 Å². The van der Waals surface area contributed by atoms with Crippen molar-refractivity contribution in [2.24, 2.45) is 0 Å².